The number of methoxy groups -OCH3 is 4. The number of ether oxygens (including phenoxy) is 4. The molecule has 110 valence electrons. The number of esters is 2. The molecule has 0 amide bonds. The molecule has 1 N–H and O–H groups in total. The van der Waals surface area contributed by atoms with Gasteiger partial charge in [0.05, 0.1) is 34.0 Å². The molecule has 0 heterocycles. The molecule has 0 fully saturated rings. The highest BCUT2D eigenvalue weighted by Crippen LogP contribution is 2.36. The molecule has 0 saturated heterocycles. The van der Waals surface area contributed by atoms with Crippen LogP contribution in [0.4, 0.5) is 0 Å². The minimum atomic E-state index is -1.60. The zero-order valence-electron chi connectivity index (χ0n) is 11.6. The van der Waals surface area contributed by atoms with Crippen LogP contribution in [0.5, 0.6) is 11.5 Å². The summed E-state index contributed by atoms with van der Waals surface area (Å²) in [5.74, 6) is -1.19. The maximum absolute atomic E-state index is 11.6. The van der Waals surface area contributed by atoms with Gasteiger partial charge in [-0.25, -0.2) is 9.59 Å². The van der Waals surface area contributed by atoms with Crippen LogP contribution in [0.15, 0.2) is 12.1 Å². The number of aliphatic hydroxyl groups excluding tert-OH is 1. The van der Waals surface area contributed by atoms with Gasteiger partial charge >= 0.3 is 11.9 Å². The van der Waals surface area contributed by atoms with Crippen molar-refractivity contribution in [2.45, 2.75) is 6.10 Å². The van der Waals surface area contributed by atoms with Crippen molar-refractivity contribution in [2.24, 2.45) is 0 Å². The van der Waals surface area contributed by atoms with E-state index in [1.165, 1.54) is 33.5 Å². The second kappa shape index (κ2) is 6.76. The average molecular weight is 284 g/mol. The topological polar surface area (TPSA) is 91.3 Å². The Kier molecular flexibility index (Phi) is 5.33. The molecule has 0 radical (unpaired) electrons. The zero-order chi connectivity index (χ0) is 15.3. The van der Waals surface area contributed by atoms with Crippen LogP contribution in [0.2, 0.25) is 0 Å². The van der Waals surface area contributed by atoms with Gasteiger partial charge < -0.3 is 24.1 Å². The Hall–Kier alpha value is -2.28. The fraction of sp³-hybridized carbons (Fsp3) is 0.385. The fourth-order valence-electron chi connectivity index (χ4n) is 1.67. The van der Waals surface area contributed by atoms with Gasteiger partial charge in [-0.05, 0) is 12.1 Å². The SMILES string of the molecule is COC(=O)c1cc(OC)c(OC)c(C(O)C(=O)OC)c1. The number of rotatable bonds is 5. The maximum atomic E-state index is 11.6. The van der Waals surface area contributed by atoms with Crippen molar-refractivity contribution in [3.63, 3.8) is 0 Å². The Morgan fingerprint density at radius 1 is 1.05 bits per heavy atom. The first kappa shape index (κ1) is 15.8. The molecule has 1 aromatic rings. The highest BCUT2D eigenvalue weighted by molar-refractivity contribution is 5.91. The van der Waals surface area contributed by atoms with E-state index in [0.29, 0.717) is 0 Å². The van der Waals surface area contributed by atoms with Gasteiger partial charge in [0.25, 0.3) is 0 Å². The predicted octanol–water partition coefficient (Wildman–Crippen LogP) is 0.697. The molecular formula is C13H16O7. The summed E-state index contributed by atoms with van der Waals surface area (Å²) in [6.45, 7) is 0. The van der Waals surface area contributed by atoms with Crippen molar-refractivity contribution < 1.29 is 33.6 Å². The zero-order valence-corrected chi connectivity index (χ0v) is 11.6. The van der Waals surface area contributed by atoms with E-state index in [-0.39, 0.29) is 22.6 Å². The standard InChI is InChI=1S/C13H16O7/c1-17-9-6-7(12(15)19-3)5-8(11(9)18-2)10(14)13(16)20-4/h5-6,10,14H,1-4H3. The molecule has 0 bridgehead atoms. The predicted molar refractivity (Wildman–Crippen MR) is 67.9 cm³/mol. The average Bonchev–Trinajstić information content (AvgIpc) is 2.50. The van der Waals surface area contributed by atoms with E-state index in [2.05, 4.69) is 9.47 Å². The lowest BCUT2D eigenvalue weighted by molar-refractivity contribution is -0.150. The Bertz CT molecular complexity index is 510. The third-order valence-electron chi connectivity index (χ3n) is 2.65. The molecule has 7 heteroatoms. The van der Waals surface area contributed by atoms with Crippen LogP contribution in [0.25, 0.3) is 0 Å². The van der Waals surface area contributed by atoms with Gasteiger partial charge in [-0.1, -0.05) is 0 Å². The molecule has 1 atom stereocenters. The van der Waals surface area contributed by atoms with Crippen LogP contribution < -0.4 is 9.47 Å². The van der Waals surface area contributed by atoms with E-state index < -0.39 is 18.0 Å². The molecule has 20 heavy (non-hydrogen) atoms. The molecule has 0 aliphatic rings. The summed E-state index contributed by atoms with van der Waals surface area (Å²) < 4.78 is 19.2. The van der Waals surface area contributed by atoms with Gasteiger partial charge in [-0.15, -0.1) is 0 Å². The van der Waals surface area contributed by atoms with E-state index in [9.17, 15) is 14.7 Å². The number of benzene rings is 1. The summed E-state index contributed by atoms with van der Waals surface area (Å²) in [5, 5.41) is 9.94. The van der Waals surface area contributed by atoms with Gasteiger partial charge in [0, 0.05) is 5.56 Å². The Labute approximate surface area is 116 Å². The second-order valence-electron chi connectivity index (χ2n) is 3.72. The van der Waals surface area contributed by atoms with E-state index in [1.807, 2.05) is 0 Å². The lowest BCUT2D eigenvalue weighted by atomic mass is 10.0. The van der Waals surface area contributed by atoms with Crippen molar-refractivity contribution >= 4 is 11.9 Å². The highest BCUT2D eigenvalue weighted by atomic mass is 16.5. The van der Waals surface area contributed by atoms with Gasteiger partial charge in [0.2, 0.25) is 0 Å². The fourth-order valence-corrected chi connectivity index (χ4v) is 1.67. The minimum absolute atomic E-state index is 0.0547. The first-order valence-electron chi connectivity index (χ1n) is 5.60. The molecule has 1 aromatic carbocycles. The van der Waals surface area contributed by atoms with Gasteiger partial charge in [0.1, 0.15) is 0 Å². The summed E-state index contributed by atoms with van der Waals surface area (Å²) in [4.78, 5) is 23.0. The number of hydrogen-bond donors (Lipinski definition) is 1. The lowest BCUT2D eigenvalue weighted by Crippen LogP contribution is -2.16. The van der Waals surface area contributed by atoms with Crippen LogP contribution in [0, 0.1) is 0 Å². The first-order chi connectivity index (χ1) is 9.49. The summed E-state index contributed by atoms with van der Waals surface area (Å²) in [6, 6.07) is 2.67. The highest BCUT2D eigenvalue weighted by Gasteiger charge is 2.26. The maximum Gasteiger partial charge on any atom is 0.339 e. The summed E-state index contributed by atoms with van der Waals surface area (Å²) in [5.41, 5.74) is 0.169. The van der Waals surface area contributed by atoms with E-state index in [0.717, 1.165) is 7.11 Å². The van der Waals surface area contributed by atoms with Crippen molar-refractivity contribution in [3.8, 4) is 11.5 Å². The number of hydrogen-bond acceptors (Lipinski definition) is 7. The minimum Gasteiger partial charge on any atom is -0.493 e. The van der Waals surface area contributed by atoms with E-state index in [1.54, 1.807) is 0 Å². The van der Waals surface area contributed by atoms with Crippen LogP contribution >= 0.6 is 0 Å². The normalized spacial score (nSPS) is 11.4. The van der Waals surface area contributed by atoms with Crippen molar-refractivity contribution in [1.82, 2.24) is 0 Å². The van der Waals surface area contributed by atoms with Crippen LogP contribution in [0.3, 0.4) is 0 Å². The number of aliphatic hydroxyl groups is 1. The molecule has 0 aliphatic heterocycles. The van der Waals surface area contributed by atoms with Crippen molar-refractivity contribution in [1.29, 1.82) is 0 Å². The number of carbonyl (C=O) groups excluding carboxylic acids is 2. The Morgan fingerprint density at radius 2 is 1.70 bits per heavy atom. The Morgan fingerprint density at radius 3 is 2.15 bits per heavy atom. The monoisotopic (exact) mass is 284 g/mol. The molecule has 7 nitrogen and oxygen atoms in total. The molecule has 0 aromatic heterocycles. The van der Waals surface area contributed by atoms with Crippen LogP contribution in [-0.2, 0) is 14.3 Å². The smallest absolute Gasteiger partial charge is 0.339 e. The largest absolute Gasteiger partial charge is 0.493 e. The lowest BCUT2D eigenvalue weighted by Gasteiger charge is -2.17. The van der Waals surface area contributed by atoms with Gasteiger partial charge in [0.15, 0.2) is 17.6 Å². The number of carbonyl (C=O) groups is 2. The molecule has 1 rings (SSSR count). The summed E-state index contributed by atoms with van der Waals surface area (Å²) >= 11 is 0. The van der Waals surface area contributed by atoms with Crippen LogP contribution in [-0.4, -0.2) is 45.5 Å². The third-order valence-corrected chi connectivity index (χ3v) is 2.65. The van der Waals surface area contributed by atoms with E-state index >= 15 is 0 Å². The summed E-state index contributed by atoms with van der Waals surface area (Å²) in [6.07, 6.45) is -1.60. The Balaban J connectivity index is 3.45. The van der Waals surface area contributed by atoms with Crippen molar-refractivity contribution in [3.05, 3.63) is 23.3 Å². The molecular weight excluding hydrogens is 268 g/mol. The summed E-state index contributed by atoms with van der Waals surface area (Å²) in [7, 11) is 5.07. The van der Waals surface area contributed by atoms with E-state index in [4.69, 9.17) is 9.47 Å². The molecule has 0 saturated carbocycles. The molecule has 1 unspecified atom stereocenters. The van der Waals surface area contributed by atoms with Gasteiger partial charge in [-0.3, -0.25) is 0 Å². The first-order valence-corrected chi connectivity index (χ1v) is 5.60. The molecule has 0 spiro atoms. The molecule has 0 aliphatic carbocycles. The third kappa shape index (κ3) is 3.00. The second-order valence-corrected chi connectivity index (χ2v) is 3.72. The quantitative estimate of drug-likeness (QED) is 0.795. The van der Waals surface area contributed by atoms with Gasteiger partial charge in [-0.2, -0.15) is 0 Å². The van der Waals surface area contributed by atoms with Crippen LogP contribution in [0.1, 0.15) is 22.0 Å². The van der Waals surface area contributed by atoms with Crippen molar-refractivity contribution in [2.75, 3.05) is 28.4 Å².